The molecule has 1 atom stereocenters. The lowest BCUT2D eigenvalue weighted by molar-refractivity contribution is 0.302. The molecule has 0 aliphatic heterocycles. The number of halogens is 1. The van der Waals surface area contributed by atoms with Crippen LogP contribution in [0.25, 0.3) is 0 Å². The van der Waals surface area contributed by atoms with E-state index in [9.17, 15) is 0 Å². The lowest BCUT2D eigenvalue weighted by Crippen LogP contribution is -2.22. The second-order valence-corrected chi connectivity index (χ2v) is 6.68. The number of nitrogens with one attached hydrogen (secondary N) is 1. The van der Waals surface area contributed by atoms with Crippen LogP contribution >= 0.6 is 22.6 Å². The van der Waals surface area contributed by atoms with Crippen molar-refractivity contribution in [3.05, 3.63) is 63.2 Å². The van der Waals surface area contributed by atoms with E-state index in [2.05, 4.69) is 83.4 Å². The third-order valence-electron chi connectivity index (χ3n) is 3.61. The molecule has 0 radical (unpaired) electrons. The summed E-state index contributed by atoms with van der Waals surface area (Å²) in [6.07, 6.45) is 2.82. The smallest absolute Gasteiger partial charge is 0.120 e. The fraction of sp³-hybridized carbons (Fsp3) is 0.333. The molecule has 21 heavy (non-hydrogen) atoms. The number of hydrogen-bond acceptors (Lipinski definition) is 2. The molecule has 0 saturated heterocycles. The van der Waals surface area contributed by atoms with Gasteiger partial charge in [-0.1, -0.05) is 31.2 Å². The van der Waals surface area contributed by atoms with Crippen LogP contribution in [0.1, 0.15) is 36.9 Å². The Balaban J connectivity index is 1.88. The van der Waals surface area contributed by atoms with Gasteiger partial charge in [0.2, 0.25) is 0 Å². The topological polar surface area (TPSA) is 21.3 Å². The monoisotopic (exact) mass is 393 g/mol. The molecular formula is C18H20INO. The van der Waals surface area contributed by atoms with Gasteiger partial charge in [0.05, 0.1) is 12.1 Å². The van der Waals surface area contributed by atoms with Crippen molar-refractivity contribution in [3.63, 3.8) is 0 Å². The fourth-order valence-electron chi connectivity index (χ4n) is 2.46. The molecule has 2 aromatic rings. The maximum atomic E-state index is 5.92. The third kappa shape index (κ3) is 3.98. The Kier molecular flexibility index (Phi) is 4.80. The van der Waals surface area contributed by atoms with Crippen molar-refractivity contribution in [3.8, 4) is 5.75 Å². The van der Waals surface area contributed by atoms with E-state index in [1.165, 1.54) is 27.5 Å². The van der Waals surface area contributed by atoms with Crippen LogP contribution < -0.4 is 10.1 Å². The van der Waals surface area contributed by atoms with E-state index in [1.54, 1.807) is 0 Å². The molecule has 0 aromatic heterocycles. The summed E-state index contributed by atoms with van der Waals surface area (Å²) in [7, 11) is 0. The van der Waals surface area contributed by atoms with Gasteiger partial charge in [-0.25, -0.2) is 0 Å². The maximum absolute atomic E-state index is 5.92. The number of rotatable bonds is 6. The van der Waals surface area contributed by atoms with Crippen molar-refractivity contribution >= 4 is 22.6 Å². The zero-order valence-corrected chi connectivity index (χ0v) is 14.3. The average molecular weight is 393 g/mol. The summed E-state index contributed by atoms with van der Waals surface area (Å²) < 4.78 is 7.19. The second kappa shape index (κ2) is 6.79. The molecule has 0 spiro atoms. The molecule has 2 aromatic carbocycles. The highest BCUT2D eigenvalue weighted by molar-refractivity contribution is 14.1. The van der Waals surface area contributed by atoms with Crippen LogP contribution in [-0.4, -0.2) is 12.6 Å². The molecule has 3 rings (SSSR count). The summed E-state index contributed by atoms with van der Waals surface area (Å²) in [4.78, 5) is 0. The van der Waals surface area contributed by atoms with Crippen LogP contribution in [0.4, 0.5) is 0 Å². The first-order valence-electron chi connectivity index (χ1n) is 7.51. The highest BCUT2D eigenvalue weighted by Gasteiger charge is 2.24. The van der Waals surface area contributed by atoms with Gasteiger partial charge in [0.15, 0.2) is 0 Å². The molecule has 0 bridgehead atoms. The second-order valence-electron chi connectivity index (χ2n) is 5.44. The molecule has 3 heteroatoms. The van der Waals surface area contributed by atoms with Gasteiger partial charge in [-0.05, 0) is 77.4 Å². The molecular weight excluding hydrogens is 373 g/mol. The molecule has 1 saturated carbocycles. The van der Waals surface area contributed by atoms with Gasteiger partial charge in [0.1, 0.15) is 5.75 Å². The predicted octanol–water partition coefficient (Wildman–Crippen LogP) is 4.53. The van der Waals surface area contributed by atoms with Gasteiger partial charge in [-0.15, -0.1) is 0 Å². The summed E-state index contributed by atoms with van der Waals surface area (Å²) in [5.74, 6) is 0.989. The number of ether oxygens (including phenoxy) is 1. The highest BCUT2D eigenvalue weighted by atomic mass is 127. The Hall–Kier alpha value is -1.07. The minimum Gasteiger partial charge on any atom is -0.490 e. The van der Waals surface area contributed by atoms with Crippen molar-refractivity contribution < 1.29 is 4.74 Å². The molecule has 2 nitrogen and oxygen atoms in total. The van der Waals surface area contributed by atoms with Crippen LogP contribution in [0.3, 0.4) is 0 Å². The van der Waals surface area contributed by atoms with Gasteiger partial charge >= 0.3 is 0 Å². The summed E-state index contributed by atoms with van der Waals surface area (Å²) in [6.45, 7) is 3.08. The van der Waals surface area contributed by atoms with E-state index < -0.39 is 0 Å². The lowest BCUT2D eigenvalue weighted by atomic mass is 9.98. The summed E-state index contributed by atoms with van der Waals surface area (Å²) in [6, 6.07) is 17.4. The molecule has 0 heterocycles. The standard InChI is InChI=1S/C18H20INO/c1-2-20-18(13-5-3-7-15(19)11-13)14-6-4-8-17(12-14)21-16-9-10-16/h3-8,11-12,16,18,20H,2,9-10H2,1H3. The average Bonchev–Trinajstić information content (AvgIpc) is 3.29. The molecule has 110 valence electrons. The van der Waals surface area contributed by atoms with Gasteiger partial charge < -0.3 is 10.1 Å². The van der Waals surface area contributed by atoms with Crippen molar-refractivity contribution in [2.24, 2.45) is 0 Å². The maximum Gasteiger partial charge on any atom is 0.120 e. The quantitative estimate of drug-likeness (QED) is 0.729. The first kappa shape index (κ1) is 14.9. The zero-order valence-electron chi connectivity index (χ0n) is 12.2. The Morgan fingerprint density at radius 3 is 2.52 bits per heavy atom. The SMILES string of the molecule is CCNC(c1cccc(I)c1)c1cccc(OC2CC2)c1. The predicted molar refractivity (Wildman–Crippen MR) is 94.8 cm³/mol. The van der Waals surface area contributed by atoms with Gasteiger partial charge in [0, 0.05) is 3.57 Å². The molecule has 1 unspecified atom stereocenters. The van der Waals surface area contributed by atoms with Crippen LogP contribution in [-0.2, 0) is 0 Å². The summed E-state index contributed by atoms with van der Waals surface area (Å²) in [5, 5.41) is 3.58. The van der Waals surface area contributed by atoms with E-state index >= 15 is 0 Å². The summed E-state index contributed by atoms with van der Waals surface area (Å²) >= 11 is 2.37. The van der Waals surface area contributed by atoms with Gasteiger partial charge in [0.25, 0.3) is 0 Å². The van der Waals surface area contributed by atoms with Crippen LogP contribution in [0.5, 0.6) is 5.75 Å². The Labute approximate surface area is 140 Å². The molecule has 1 fully saturated rings. The van der Waals surface area contributed by atoms with E-state index in [0.29, 0.717) is 6.10 Å². The first-order chi connectivity index (χ1) is 10.3. The van der Waals surface area contributed by atoms with E-state index in [0.717, 1.165) is 12.3 Å². The summed E-state index contributed by atoms with van der Waals surface area (Å²) in [5.41, 5.74) is 2.56. The minimum atomic E-state index is 0.215. The van der Waals surface area contributed by atoms with E-state index in [4.69, 9.17) is 4.74 Å². The Bertz CT molecular complexity index is 610. The minimum absolute atomic E-state index is 0.215. The van der Waals surface area contributed by atoms with Crippen LogP contribution in [0.2, 0.25) is 0 Å². The first-order valence-corrected chi connectivity index (χ1v) is 8.59. The Morgan fingerprint density at radius 2 is 1.86 bits per heavy atom. The van der Waals surface area contributed by atoms with E-state index in [-0.39, 0.29) is 6.04 Å². The largest absolute Gasteiger partial charge is 0.490 e. The van der Waals surface area contributed by atoms with Gasteiger partial charge in [-0.3, -0.25) is 0 Å². The number of benzene rings is 2. The molecule has 1 aliphatic rings. The van der Waals surface area contributed by atoms with Gasteiger partial charge in [-0.2, -0.15) is 0 Å². The third-order valence-corrected chi connectivity index (χ3v) is 4.28. The zero-order chi connectivity index (χ0) is 14.7. The van der Waals surface area contributed by atoms with Crippen molar-refractivity contribution in [1.29, 1.82) is 0 Å². The van der Waals surface area contributed by atoms with Crippen molar-refractivity contribution in [2.45, 2.75) is 31.9 Å². The normalized spacial score (nSPS) is 15.7. The fourth-order valence-corrected chi connectivity index (χ4v) is 3.03. The van der Waals surface area contributed by atoms with Crippen LogP contribution in [0, 0.1) is 3.57 Å². The molecule has 1 aliphatic carbocycles. The van der Waals surface area contributed by atoms with Crippen LogP contribution in [0.15, 0.2) is 48.5 Å². The number of hydrogen-bond donors (Lipinski definition) is 1. The molecule has 0 amide bonds. The molecule has 1 N–H and O–H groups in total. The highest BCUT2D eigenvalue weighted by Crippen LogP contribution is 2.30. The van der Waals surface area contributed by atoms with Crippen molar-refractivity contribution in [2.75, 3.05) is 6.54 Å². The Morgan fingerprint density at radius 1 is 1.14 bits per heavy atom. The van der Waals surface area contributed by atoms with Crippen molar-refractivity contribution in [1.82, 2.24) is 5.32 Å². The van der Waals surface area contributed by atoms with E-state index in [1.807, 2.05) is 0 Å². The lowest BCUT2D eigenvalue weighted by Gasteiger charge is -2.20.